The van der Waals surface area contributed by atoms with Gasteiger partial charge in [-0.1, -0.05) is 69.3 Å². The number of nitrogens with two attached hydrogens (primary N) is 1. The maximum atomic E-state index is 6.41. The van der Waals surface area contributed by atoms with Gasteiger partial charge >= 0.3 is 0 Å². The van der Waals surface area contributed by atoms with Gasteiger partial charge < -0.3 is 5.73 Å². The number of aryl methyl sites for hydroxylation is 1. The van der Waals surface area contributed by atoms with Crippen LogP contribution in [-0.4, -0.2) is 0 Å². The minimum atomic E-state index is -0.0463. The maximum absolute atomic E-state index is 6.41. The van der Waals surface area contributed by atoms with Crippen molar-refractivity contribution in [2.45, 2.75) is 45.6 Å². The van der Waals surface area contributed by atoms with E-state index in [1.54, 1.807) is 0 Å². The Morgan fingerprint density at radius 1 is 1.00 bits per heavy atom. The standard InChI is InChI=1S/C19H25N/c1-5-19(3,4)16-12-10-15(11-13-16)18(20)17-9-7-6-8-14(17)2/h6-13,18H,5,20H2,1-4H3. The van der Waals surface area contributed by atoms with Crippen molar-refractivity contribution in [3.8, 4) is 0 Å². The Bertz CT molecular complexity index is 567. The lowest BCUT2D eigenvalue weighted by atomic mass is 9.81. The fourth-order valence-electron chi connectivity index (χ4n) is 2.46. The first-order valence-electron chi connectivity index (χ1n) is 7.37. The third kappa shape index (κ3) is 2.94. The van der Waals surface area contributed by atoms with Crippen LogP contribution in [0.1, 0.15) is 55.5 Å². The van der Waals surface area contributed by atoms with E-state index < -0.39 is 0 Å². The topological polar surface area (TPSA) is 26.0 Å². The molecule has 0 bridgehead atoms. The van der Waals surface area contributed by atoms with Gasteiger partial charge in [-0.2, -0.15) is 0 Å². The van der Waals surface area contributed by atoms with Crippen LogP contribution in [0.5, 0.6) is 0 Å². The quantitative estimate of drug-likeness (QED) is 0.851. The van der Waals surface area contributed by atoms with Gasteiger partial charge in [-0.25, -0.2) is 0 Å². The van der Waals surface area contributed by atoms with Crippen molar-refractivity contribution >= 4 is 0 Å². The number of hydrogen-bond donors (Lipinski definition) is 1. The molecule has 1 nitrogen and oxygen atoms in total. The van der Waals surface area contributed by atoms with Crippen LogP contribution in [0.25, 0.3) is 0 Å². The highest BCUT2D eigenvalue weighted by atomic mass is 14.6. The third-order valence-electron chi connectivity index (χ3n) is 4.46. The molecule has 1 unspecified atom stereocenters. The molecule has 0 aliphatic rings. The third-order valence-corrected chi connectivity index (χ3v) is 4.46. The normalized spacial score (nSPS) is 13.2. The monoisotopic (exact) mass is 267 g/mol. The van der Waals surface area contributed by atoms with E-state index in [0.29, 0.717) is 0 Å². The van der Waals surface area contributed by atoms with Crippen molar-refractivity contribution in [2.75, 3.05) is 0 Å². The van der Waals surface area contributed by atoms with E-state index >= 15 is 0 Å². The lowest BCUT2D eigenvalue weighted by Crippen LogP contribution is -2.17. The minimum absolute atomic E-state index is 0.0463. The molecule has 2 aromatic carbocycles. The Morgan fingerprint density at radius 3 is 2.15 bits per heavy atom. The second-order valence-electron chi connectivity index (χ2n) is 6.19. The molecule has 2 rings (SSSR count). The predicted molar refractivity (Wildman–Crippen MR) is 87.0 cm³/mol. The van der Waals surface area contributed by atoms with Gasteiger partial charge in [0.1, 0.15) is 0 Å². The number of benzene rings is 2. The molecule has 1 atom stereocenters. The first-order valence-corrected chi connectivity index (χ1v) is 7.37. The highest BCUT2D eigenvalue weighted by Crippen LogP contribution is 2.29. The largest absolute Gasteiger partial charge is 0.320 e. The van der Waals surface area contributed by atoms with Crippen LogP contribution in [-0.2, 0) is 5.41 Å². The Morgan fingerprint density at radius 2 is 1.60 bits per heavy atom. The molecule has 0 amide bonds. The Kier molecular flexibility index (Phi) is 4.29. The van der Waals surface area contributed by atoms with E-state index in [0.717, 1.165) is 6.42 Å². The molecule has 0 saturated heterocycles. The fourth-order valence-corrected chi connectivity index (χ4v) is 2.46. The summed E-state index contributed by atoms with van der Waals surface area (Å²) in [5.74, 6) is 0. The van der Waals surface area contributed by atoms with Crippen LogP contribution in [0.2, 0.25) is 0 Å². The molecule has 1 heteroatoms. The molecule has 0 aromatic heterocycles. The predicted octanol–water partition coefficient (Wildman–Crippen LogP) is 4.73. The van der Waals surface area contributed by atoms with E-state index in [9.17, 15) is 0 Å². The van der Waals surface area contributed by atoms with Crippen molar-refractivity contribution in [1.82, 2.24) is 0 Å². The molecule has 106 valence electrons. The first-order chi connectivity index (χ1) is 9.45. The van der Waals surface area contributed by atoms with E-state index in [1.807, 2.05) is 0 Å². The maximum Gasteiger partial charge on any atom is 0.0554 e. The SMILES string of the molecule is CCC(C)(C)c1ccc(C(N)c2ccccc2C)cc1. The lowest BCUT2D eigenvalue weighted by molar-refractivity contribution is 0.506. The highest BCUT2D eigenvalue weighted by Gasteiger charge is 2.18. The average molecular weight is 267 g/mol. The van der Waals surface area contributed by atoms with E-state index in [1.165, 1.54) is 22.3 Å². The summed E-state index contributed by atoms with van der Waals surface area (Å²) in [4.78, 5) is 0. The van der Waals surface area contributed by atoms with Crippen LogP contribution in [0, 0.1) is 6.92 Å². The first kappa shape index (κ1) is 14.8. The molecule has 0 aliphatic heterocycles. The molecule has 0 saturated carbocycles. The number of rotatable bonds is 4. The summed E-state index contributed by atoms with van der Waals surface area (Å²) in [5.41, 5.74) is 11.6. The summed E-state index contributed by atoms with van der Waals surface area (Å²) in [6.07, 6.45) is 1.14. The van der Waals surface area contributed by atoms with Gasteiger partial charge in [-0.3, -0.25) is 0 Å². The molecular formula is C19H25N. The Balaban J connectivity index is 2.29. The zero-order valence-electron chi connectivity index (χ0n) is 13.0. The molecule has 20 heavy (non-hydrogen) atoms. The second kappa shape index (κ2) is 5.80. The molecule has 0 fully saturated rings. The Hall–Kier alpha value is -1.60. The van der Waals surface area contributed by atoms with Crippen LogP contribution < -0.4 is 5.73 Å². The van der Waals surface area contributed by atoms with E-state index in [4.69, 9.17) is 5.73 Å². The van der Waals surface area contributed by atoms with Crippen LogP contribution in [0.4, 0.5) is 0 Å². The second-order valence-corrected chi connectivity index (χ2v) is 6.19. The van der Waals surface area contributed by atoms with Crippen LogP contribution in [0.3, 0.4) is 0 Å². The summed E-state index contributed by atoms with van der Waals surface area (Å²) in [6, 6.07) is 17.1. The molecule has 0 heterocycles. The van der Waals surface area contributed by atoms with Gasteiger partial charge in [0, 0.05) is 0 Å². The number of hydrogen-bond acceptors (Lipinski definition) is 1. The van der Waals surface area contributed by atoms with Crippen molar-refractivity contribution in [1.29, 1.82) is 0 Å². The summed E-state index contributed by atoms with van der Waals surface area (Å²) in [5, 5.41) is 0. The summed E-state index contributed by atoms with van der Waals surface area (Å²) in [7, 11) is 0. The van der Waals surface area contributed by atoms with Gasteiger partial charge in [0.05, 0.1) is 6.04 Å². The van der Waals surface area contributed by atoms with Gasteiger partial charge in [0.15, 0.2) is 0 Å². The smallest absolute Gasteiger partial charge is 0.0554 e. The van der Waals surface area contributed by atoms with Crippen LogP contribution in [0.15, 0.2) is 48.5 Å². The van der Waals surface area contributed by atoms with E-state index in [-0.39, 0.29) is 11.5 Å². The molecule has 0 spiro atoms. The minimum Gasteiger partial charge on any atom is -0.320 e. The molecule has 2 aromatic rings. The van der Waals surface area contributed by atoms with Crippen LogP contribution >= 0.6 is 0 Å². The summed E-state index contributed by atoms with van der Waals surface area (Å²) < 4.78 is 0. The fraction of sp³-hybridized carbons (Fsp3) is 0.368. The molecule has 0 aliphatic carbocycles. The van der Waals surface area contributed by atoms with Gasteiger partial charge in [0.25, 0.3) is 0 Å². The van der Waals surface area contributed by atoms with Crippen molar-refractivity contribution in [3.63, 3.8) is 0 Å². The zero-order valence-corrected chi connectivity index (χ0v) is 13.0. The van der Waals surface area contributed by atoms with Gasteiger partial charge in [0.2, 0.25) is 0 Å². The van der Waals surface area contributed by atoms with Crippen molar-refractivity contribution in [3.05, 3.63) is 70.8 Å². The molecule has 0 radical (unpaired) electrons. The van der Waals surface area contributed by atoms with Crippen molar-refractivity contribution in [2.24, 2.45) is 5.73 Å². The van der Waals surface area contributed by atoms with E-state index in [2.05, 4.69) is 76.2 Å². The summed E-state index contributed by atoms with van der Waals surface area (Å²) in [6.45, 7) is 8.91. The van der Waals surface area contributed by atoms with Gasteiger partial charge in [-0.15, -0.1) is 0 Å². The molecular weight excluding hydrogens is 242 g/mol. The molecule has 2 N–H and O–H groups in total. The average Bonchev–Trinajstić information content (AvgIpc) is 2.47. The Labute approximate surface area is 122 Å². The van der Waals surface area contributed by atoms with Crippen molar-refractivity contribution < 1.29 is 0 Å². The highest BCUT2D eigenvalue weighted by molar-refractivity contribution is 5.38. The lowest BCUT2D eigenvalue weighted by Gasteiger charge is -2.24. The van der Waals surface area contributed by atoms with Gasteiger partial charge in [-0.05, 0) is 41.0 Å². The summed E-state index contributed by atoms with van der Waals surface area (Å²) >= 11 is 0. The zero-order chi connectivity index (χ0) is 14.8.